The van der Waals surface area contributed by atoms with Crippen LogP contribution < -0.4 is 10.6 Å². The normalized spacial score (nSPS) is 16.3. The van der Waals surface area contributed by atoms with E-state index in [0.717, 1.165) is 40.8 Å². The van der Waals surface area contributed by atoms with Gasteiger partial charge in [-0.3, -0.25) is 4.79 Å². The third-order valence-electron chi connectivity index (χ3n) is 4.76. The van der Waals surface area contributed by atoms with Crippen LogP contribution in [0.2, 0.25) is 5.02 Å². The fourth-order valence-electron chi connectivity index (χ4n) is 3.28. The lowest BCUT2D eigenvalue weighted by atomic mass is 10.1. The molecule has 3 aromatic rings. The van der Waals surface area contributed by atoms with Crippen LogP contribution in [0.15, 0.2) is 41.0 Å². The van der Waals surface area contributed by atoms with Crippen LogP contribution in [-0.2, 0) is 9.53 Å². The van der Waals surface area contributed by atoms with Gasteiger partial charge in [0, 0.05) is 36.3 Å². The summed E-state index contributed by atoms with van der Waals surface area (Å²) in [6.45, 7) is 1.93. The van der Waals surface area contributed by atoms with Crippen LogP contribution in [-0.4, -0.2) is 46.3 Å². The monoisotopic (exact) mass is 477 g/mol. The van der Waals surface area contributed by atoms with E-state index in [1.165, 1.54) is 0 Å². The highest BCUT2D eigenvalue weighted by Gasteiger charge is 2.22. The molecule has 0 spiro atoms. The van der Waals surface area contributed by atoms with Gasteiger partial charge in [-0.25, -0.2) is 4.98 Å². The van der Waals surface area contributed by atoms with Crippen LogP contribution in [0.25, 0.3) is 16.9 Å². The Bertz CT molecular complexity index is 1020. The number of benzene rings is 1. The molecule has 1 amide bonds. The van der Waals surface area contributed by atoms with Crippen LogP contribution in [0, 0.1) is 0 Å². The number of rotatable bonds is 7. The number of hydrogen-bond donors (Lipinski definition) is 2. The highest BCUT2D eigenvalue weighted by atomic mass is 79.9. The number of aromatic nitrogens is 3. The third kappa shape index (κ3) is 4.55. The van der Waals surface area contributed by atoms with Crippen molar-refractivity contribution >= 4 is 44.9 Å². The summed E-state index contributed by atoms with van der Waals surface area (Å²) in [5.74, 6) is 0.784. The molecule has 29 heavy (non-hydrogen) atoms. The van der Waals surface area contributed by atoms with Crippen molar-refractivity contribution in [2.75, 3.05) is 25.0 Å². The van der Waals surface area contributed by atoms with Crippen molar-refractivity contribution < 1.29 is 9.53 Å². The zero-order valence-electron chi connectivity index (χ0n) is 15.7. The molecule has 1 atom stereocenters. The number of carbonyl (C=O) groups is 1. The number of nitrogens with one attached hydrogen (secondary N) is 2. The number of fused-ring (bicyclic) bond motifs is 1. The fraction of sp³-hybridized carbons (Fsp3) is 0.350. The van der Waals surface area contributed by atoms with Gasteiger partial charge in [-0.1, -0.05) is 29.8 Å². The van der Waals surface area contributed by atoms with Crippen molar-refractivity contribution in [3.63, 3.8) is 0 Å². The molecule has 1 aliphatic heterocycles. The lowest BCUT2D eigenvalue weighted by Gasteiger charge is -2.13. The van der Waals surface area contributed by atoms with E-state index in [2.05, 4.69) is 31.7 Å². The number of nitrogens with zero attached hydrogens (tertiary/aromatic N) is 3. The Hall–Kier alpha value is -2.16. The molecule has 4 rings (SSSR count). The first kappa shape index (κ1) is 20.1. The molecule has 0 saturated carbocycles. The number of carbonyl (C=O) groups excluding carboxylic acids is 1. The maximum atomic E-state index is 12.0. The van der Waals surface area contributed by atoms with Gasteiger partial charge in [0.05, 0.1) is 16.4 Å². The van der Waals surface area contributed by atoms with E-state index < -0.39 is 0 Å². The fourth-order valence-corrected chi connectivity index (χ4v) is 3.86. The van der Waals surface area contributed by atoms with Crippen LogP contribution in [0.4, 0.5) is 5.82 Å². The first-order valence-corrected chi connectivity index (χ1v) is 10.7. The number of hydrogen-bond acceptors (Lipinski definition) is 5. The Labute approximate surface area is 181 Å². The molecular weight excluding hydrogens is 458 g/mol. The van der Waals surface area contributed by atoms with Gasteiger partial charge in [0.1, 0.15) is 11.9 Å². The topological polar surface area (TPSA) is 80.5 Å². The van der Waals surface area contributed by atoms with Crippen LogP contribution in [0.3, 0.4) is 0 Å². The zero-order valence-corrected chi connectivity index (χ0v) is 18.0. The maximum Gasteiger partial charge on any atom is 0.249 e. The Morgan fingerprint density at radius 3 is 3.00 bits per heavy atom. The number of amides is 1. The average molecular weight is 479 g/mol. The van der Waals surface area contributed by atoms with E-state index in [1.807, 2.05) is 30.3 Å². The van der Waals surface area contributed by atoms with Crippen LogP contribution in [0.5, 0.6) is 0 Å². The lowest BCUT2D eigenvalue weighted by Crippen LogP contribution is -2.35. The molecule has 1 fully saturated rings. The van der Waals surface area contributed by atoms with Crippen molar-refractivity contribution in [1.29, 1.82) is 0 Å². The summed E-state index contributed by atoms with van der Waals surface area (Å²) >= 11 is 9.86. The Balaban J connectivity index is 1.44. The molecule has 9 heteroatoms. The molecule has 152 valence electrons. The minimum Gasteiger partial charge on any atom is -0.370 e. The molecule has 3 heterocycles. The standard InChI is InChI=1S/C20H21BrClN5O2/c21-14-12-25-27-18(23-8-4-9-24-20(28)17-7-3-10-29-17)11-16(26-19(14)27)13-5-1-2-6-15(13)22/h1-2,5-6,11-12,17,23H,3-4,7-10H2,(H,24,28). The molecule has 1 aromatic carbocycles. The molecule has 1 unspecified atom stereocenters. The Morgan fingerprint density at radius 1 is 1.34 bits per heavy atom. The highest BCUT2D eigenvalue weighted by molar-refractivity contribution is 9.10. The molecule has 2 N–H and O–H groups in total. The van der Waals surface area contributed by atoms with E-state index >= 15 is 0 Å². The molecule has 2 aromatic heterocycles. The highest BCUT2D eigenvalue weighted by Crippen LogP contribution is 2.30. The van der Waals surface area contributed by atoms with Gasteiger partial charge in [0.15, 0.2) is 5.65 Å². The van der Waals surface area contributed by atoms with Crippen molar-refractivity contribution in [3.05, 3.63) is 46.0 Å². The first-order valence-electron chi connectivity index (χ1n) is 9.56. The summed E-state index contributed by atoms with van der Waals surface area (Å²) < 4.78 is 7.94. The summed E-state index contributed by atoms with van der Waals surface area (Å²) in [7, 11) is 0. The minimum atomic E-state index is -0.289. The second kappa shape index (κ2) is 9.11. The quantitative estimate of drug-likeness (QED) is 0.503. The average Bonchev–Trinajstić information content (AvgIpc) is 3.38. The van der Waals surface area contributed by atoms with Gasteiger partial charge in [-0.15, -0.1) is 0 Å². The van der Waals surface area contributed by atoms with E-state index in [4.69, 9.17) is 21.3 Å². The van der Waals surface area contributed by atoms with Crippen molar-refractivity contribution in [3.8, 4) is 11.3 Å². The SMILES string of the molecule is O=C(NCCCNc1cc(-c2ccccc2Cl)nc2c(Br)cnn12)C1CCCO1. The summed E-state index contributed by atoms with van der Waals surface area (Å²) in [5, 5.41) is 11.3. The maximum absolute atomic E-state index is 12.0. The summed E-state index contributed by atoms with van der Waals surface area (Å²) in [5.41, 5.74) is 2.33. The smallest absolute Gasteiger partial charge is 0.249 e. The Morgan fingerprint density at radius 2 is 2.21 bits per heavy atom. The number of halogens is 2. The molecular formula is C20H21BrClN5O2. The second-order valence-electron chi connectivity index (χ2n) is 6.81. The van der Waals surface area contributed by atoms with Gasteiger partial charge in [0.25, 0.3) is 0 Å². The Kier molecular flexibility index (Phi) is 6.32. The summed E-state index contributed by atoms with van der Waals surface area (Å²) in [4.78, 5) is 16.7. The van der Waals surface area contributed by atoms with Gasteiger partial charge in [0.2, 0.25) is 5.91 Å². The lowest BCUT2D eigenvalue weighted by molar-refractivity contribution is -0.130. The number of ether oxygens (including phenoxy) is 1. The summed E-state index contributed by atoms with van der Waals surface area (Å²) in [6.07, 6.45) is 3.95. The van der Waals surface area contributed by atoms with Crippen LogP contribution >= 0.6 is 27.5 Å². The summed E-state index contributed by atoms with van der Waals surface area (Å²) in [6, 6.07) is 9.54. The zero-order chi connectivity index (χ0) is 20.2. The largest absolute Gasteiger partial charge is 0.370 e. The van der Waals surface area contributed by atoms with E-state index in [9.17, 15) is 4.79 Å². The molecule has 7 nitrogen and oxygen atoms in total. The first-order chi connectivity index (χ1) is 14.1. The minimum absolute atomic E-state index is 0.0224. The van der Waals surface area contributed by atoms with Crippen molar-refractivity contribution in [1.82, 2.24) is 19.9 Å². The molecule has 1 saturated heterocycles. The predicted molar refractivity (Wildman–Crippen MR) is 116 cm³/mol. The molecule has 0 aliphatic carbocycles. The van der Waals surface area contributed by atoms with E-state index in [1.54, 1.807) is 10.7 Å². The van der Waals surface area contributed by atoms with Crippen molar-refractivity contribution in [2.45, 2.75) is 25.4 Å². The third-order valence-corrected chi connectivity index (χ3v) is 5.65. The van der Waals surface area contributed by atoms with Gasteiger partial charge >= 0.3 is 0 Å². The van der Waals surface area contributed by atoms with Gasteiger partial charge < -0.3 is 15.4 Å². The van der Waals surface area contributed by atoms with Crippen LogP contribution in [0.1, 0.15) is 19.3 Å². The predicted octanol–water partition coefficient (Wildman–Crippen LogP) is 3.91. The van der Waals surface area contributed by atoms with Gasteiger partial charge in [-0.2, -0.15) is 9.61 Å². The van der Waals surface area contributed by atoms with Crippen molar-refractivity contribution in [2.24, 2.45) is 0 Å². The van der Waals surface area contributed by atoms with E-state index in [-0.39, 0.29) is 12.0 Å². The molecule has 0 bridgehead atoms. The van der Waals surface area contributed by atoms with E-state index in [0.29, 0.717) is 30.4 Å². The second-order valence-corrected chi connectivity index (χ2v) is 8.07. The molecule has 0 radical (unpaired) electrons. The van der Waals surface area contributed by atoms with Gasteiger partial charge in [-0.05, 0) is 41.3 Å². The number of anilines is 1. The molecule has 1 aliphatic rings.